The van der Waals surface area contributed by atoms with E-state index in [1.807, 2.05) is 18.2 Å². The number of benzene rings is 1. The summed E-state index contributed by atoms with van der Waals surface area (Å²) >= 11 is 5.43. The van der Waals surface area contributed by atoms with Gasteiger partial charge < -0.3 is 4.74 Å². The molecule has 0 fully saturated rings. The van der Waals surface area contributed by atoms with E-state index < -0.39 is 6.09 Å². The lowest BCUT2D eigenvalue weighted by molar-refractivity contribution is 0.162. The molecule has 1 N–H and O–H groups in total. The fourth-order valence-corrected chi connectivity index (χ4v) is 1.00. The minimum Gasteiger partial charge on any atom is -0.449 e. The van der Waals surface area contributed by atoms with Crippen LogP contribution in [0.2, 0.25) is 0 Å². The Morgan fingerprint density at radius 2 is 2.07 bits per heavy atom. The molecule has 3 nitrogen and oxygen atoms in total. The summed E-state index contributed by atoms with van der Waals surface area (Å²) in [6.07, 6.45) is 0.227. The Morgan fingerprint density at radius 3 is 2.71 bits per heavy atom. The fraction of sp³-hybridized carbons (Fsp3) is 0.300. The van der Waals surface area contributed by atoms with Crippen molar-refractivity contribution >= 4 is 23.4 Å². The van der Waals surface area contributed by atoms with Gasteiger partial charge in [0.15, 0.2) is 0 Å². The van der Waals surface area contributed by atoms with Crippen LogP contribution >= 0.6 is 11.6 Å². The van der Waals surface area contributed by atoms with Gasteiger partial charge in [0, 0.05) is 11.6 Å². The molecule has 0 heterocycles. The van der Waals surface area contributed by atoms with Gasteiger partial charge in [-0.1, -0.05) is 18.2 Å². The smallest absolute Gasteiger partial charge is 0.411 e. The highest BCUT2D eigenvalue weighted by Crippen LogP contribution is 2.05. The molecule has 1 aromatic carbocycles. The zero-order chi connectivity index (χ0) is 10.2. The lowest BCUT2D eigenvalue weighted by Crippen LogP contribution is -2.14. The van der Waals surface area contributed by atoms with Gasteiger partial charge in [0.2, 0.25) is 0 Å². The van der Waals surface area contributed by atoms with Crippen LogP contribution in [-0.2, 0) is 4.74 Å². The van der Waals surface area contributed by atoms with Crippen molar-refractivity contribution in [2.75, 3.05) is 17.8 Å². The minimum atomic E-state index is -0.443. The second-order valence-corrected chi connectivity index (χ2v) is 3.05. The Bertz CT molecular complexity index is 277. The maximum Gasteiger partial charge on any atom is 0.411 e. The standard InChI is InChI=1S/C10H12ClNO2/c11-7-4-8-14-10(13)12-9-5-2-1-3-6-9/h1-3,5-6H,4,7-8H2,(H,12,13). The zero-order valence-corrected chi connectivity index (χ0v) is 8.46. The van der Waals surface area contributed by atoms with Crippen LogP contribution < -0.4 is 5.32 Å². The number of amides is 1. The summed E-state index contributed by atoms with van der Waals surface area (Å²) < 4.78 is 4.85. The second-order valence-electron chi connectivity index (χ2n) is 2.67. The summed E-state index contributed by atoms with van der Waals surface area (Å²) in [4.78, 5) is 11.1. The largest absolute Gasteiger partial charge is 0.449 e. The van der Waals surface area contributed by atoms with Crippen LogP contribution in [0.15, 0.2) is 30.3 Å². The maximum atomic E-state index is 11.1. The van der Waals surface area contributed by atoms with Gasteiger partial charge in [-0.25, -0.2) is 4.79 Å². The van der Waals surface area contributed by atoms with E-state index in [2.05, 4.69) is 5.32 Å². The van der Waals surface area contributed by atoms with Crippen molar-refractivity contribution in [2.24, 2.45) is 0 Å². The number of hydrogen-bond acceptors (Lipinski definition) is 2. The lowest BCUT2D eigenvalue weighted by atomic mass is 10.3. The molecular weight excluding hydrogens is 202 g/mol. The van der Waals surface area contributed by atoms with Crippen LogP contribution in [0.4, 0.5) is 10.5 Å². The van der Waals surface area contributed by atoms with Crippen LogP contribution in [0.25, 0.3) is 0 Å². The number of carbonyl (C=O) groups excluding carboxylic acids is 1. The van der Waals surface area contributed by atoms with Gasteiger partial charge in [-0.05, 0) is 18.6 Å². The third-order valence-electron chi connectivity index (χ3n) is 1.53. The molecule has 1 rings (SSSR count). The predicted octanol–water partition coefficient (Wildman–Crippen LogP) is 2.86. The van der Waals surface area contributed by atoms with E-state index >= 15 is 0 Å². The van der Waals surface area contributed by atoms with Crippen LogP contribution in [0, 0.1) is 0 Å². The third-order valence-corrected chi connectivity index (χ3v) is 1.80. The second kappa shape index (κ2) is 6.27. The number of nitrogens with one attached hydrogen (secondary N) is 1. The van der Waals surface area contributed by atoms with Crippen LogP contribution in [0.5, 0.6) is 0 Å². The first-order chi connectivity index (χ1) is 6.83. The molecule has 0 unspecified atom stereocenters. The Kier molecular flexibility index (Phi) is 4.86. The molecule has 76 valence electrons. The molecule has 4 heteroatoms. The molecule has 0 saturated heterocycles. The van der Waals surface area contributed by atoms with Gasteiger partial charge in [-0.3, -0.25) is 5.32 Å². The molecule has 0 aliphatic heterocycles. The number of halogens is 1. The van der Waals surface area contributed by atoms with Crippen molar-refractivity contribution in [1.82, 2.24) is 0 Å². The highest BCUT2D eigenvalue weighted by atomic mass is 35.5. The van der Waals surface area contributed by atoms with Crippen molar-refractivity contribution < 1.29 is 9.53 Å². The van der Waals surface area contributed by atoms with Gasteiger partial charge in [0.1, 0.15) is 0 Å². The van der Waals surface area contributed by atoms with E-state index in [0.717, 1.165) is 5.69 Å². The van der Waals surface area contributed by atoms with E-state index in [9.17, 15) is 4.79 Å². The summed E-state index contributed by atoms with van der Waals surface area (Å²) in [5, 5.41) is 2.60. The van der Waals surface area contributed by atoms with E-state index in [4.69, 9.17) is 16.3 Å². The number of para-hydroxylation sites is 1. The first-order valence-electron chi connectivity index (χ1n) is 4.37. The average molecular weight is 214 g/mol. The SMILES string of the molecule is O=C(Nc1ccccc1)OCCCCl. The molecule has 14 heavy (non-hydrogen) atoms. The van der Waals surface area contributed by atoms with E-state index in [-0.39, 0.29) is 0 Å². The number of carbonyl (C=O) groups is 1. The van der Waals surface area contributed by atoms with Crippen LogP contribution in [0.3, 0.4) is 0 Å². The van der Waals surface area contributed by atoms with Crippen molar-refractivity contribution in [3.8, 4) is 0 Å². The number of alkyl halides is 1. The van der Waals surface area contributed by atoms with Gasteiger partial charge >= 0.3 is 6.09 Å². The summed E-state index contributed by atoms with van der Waals surface area (Å²) in [6, 6.07) is 9.15. The molecule has 0 spiro atoms. The molecule has 0 aliphatic rings. The highest BCUT2D eigenvalue weighted by Gasteiger charge is 2.00. The Hall–Kier alpha value is -1.22. The third kappa shape index (κ3) is 4.14. The Balaban J connectivity index is 2.27. The lowest BCUT2D eigenvalue weighted by Gasteiger charge is -2.05. The van der Waals surface area contributed by atoms with E-state index in [1.54, 1.807) is 12.1 Å². The predicted molar refractivity (Wildman–Crippen MR) is 56.7 cm³/mol. The van der Waals surface area contributed by atoms with Crippen molar-refractivity contribution in [3.63, 3.8) is 0 Å². The Labute approximate surface area is 88.0 Å². The van der Waals surface area contributed by atoms with E-state index in [1.165, 1.54) is 0 Å². The van der Waals surface area contributed by atoms with Crippen molar-refractivity contribution in [1.29, 1.82) is 0 Å². The first-order valence-corrected chi connectivity index (χ1v) is 4.91. The highest BCUT2D eigenvalue weighted by molar-refractivity contribution is 6.17. The summed E-state index contributed by atoms with van der Waals surface area (Å²) in [5.74, 6) is 0.499. The van der Waals surface area contributed by atoms with Crippen LogP contribution in [0.1, 0.15) is 6.42 Å². The normalized spacial score (nSPS) is 9.50. The molecule has 0 bridgehead atoms. The van der Waals surface area contributed by atoms with Gasteiger partial charge in [-0.2, -0.15) is 0 Å². The topological polar surface area (TPSA) is 38.3 Å². The zero-order valence-electron chi connectivity index (χ0n) is 7.70. The average Bonchev–Trinajstić information content (AvgIpc) is 2.20. The first kappa shape index (κ1) is 10.9. The molecule has 0 radical (unpaired) electrons. The Morgan fingerprint density at radius 1 is 1.36 bits per heavy atom. The molecule has 0 aromatic heterocycles. The van der Waals surface area contributed by atoms with Gasteiger partial charge in [0.05, 0.1) is 6.61 Å². The number of ether oxygens (including phenoxy) is 1. The molecule has 0 atom stereocenters. The molecule has 0 aliphatic carbocycles. The van der Waals surface area contributed by atoms with Crippen LogP contribution in [-0.4, -0.2) is 18.6 Å². The summed E-state index contributed by atoms with van der Waals surface area (Å²) in [7, 11) is 0. The maximum absolute atomic E-state index is 11.1. The molecule has 0 saturated carbocycles. The molecule has 1 amide bonds. The van der Waals surface area contributed by atoms with Gasteiger partial charge in [-0.15, -0.1) is 11.6 Å². The number of hydrogen-bond donors (Lipinski definition) is 1. The van der Waals surface area contributed by atoms with Crippen molar-refractivity contribution in [3.05, 3.63) is 30.3 Å². The minimum absolute atomic E-state index is 0.349. The molecule has 1 aromatic rings. The quantitative estimate of drug-likeness (QED) is 0.617. The van der Waals surface area contributed by atoms with E-state index in [0.29, 0.717) is 18.9 Å². The monoisotopic (exact) mass is 213 g/mol. The molecular formula is C10H12ClNO2. The number of anilines is 1. The fourth-order valence-electron chi connectivity index (χ4n) is 0.895. The summed E-state index contributed by atoms with van der Waals surface area (Å²) in [5.41, 5.74) is 0.725. The summed E-state index contributed by atoms with van der Waals surface area (Å²) in [6.45, 7) is 0.349. The van der Waals surface area contributed by atoms with Crippen molar-refractivity contribution in [2.45, 2.75) is 6.42 Å². The number of rotatable bonds is 4. The van der Waals surface area contributed by atoms with Gasteiger partial charge in [0.25, 0.3) is 0 Å².